The molecule has 5 heteroatoms. The third kappa shape index (κ3) is 3.68. The monoisotopic (exact) mass is 326 g/mol. The summed E-state index contributed by atoms with van der Waals surface area (Å²) in [6.07, 6.45) is 7.56. The molecule has 0 aromatic carbocycles. The zero-order chi connectivity index (χ0) is 16.4. The van der Waals surface area contributed by atoms with Gasteiger partial charge in [0, 0.05) is 44.7 Å². The van der Waals surface area contributed by atoms with Gasteiger partial charge < -0.3 is 4.74 Å². The molecule has 0 bridgehead atoms. The molecule has 1 saturated carbocycles. The Morgan fingerprint density at radius 3 is 2.92 bits per heavy atom. The van der Waals surface area contributed by atoms with E-state index in [2.05, 4.69) is 38.7 Å². The van der Waals surface area contributed by atoms with Crippen LogP contribution in [0.3, 0.4) is 0 Å². The van der Waals surface area contributed by atoms with Crippen LogP contribution < -0.4 is 0 Å². The fourth-order valence-electron chi connectivity index (χ4n) is 3.39. The van der Waals surface area contributed by atoms with Gasteiger partial charge in [-0.3, -0.25) is 14.6 Å². The van der Waals surface area contributed by atoms with Crippen molar-refractivity contribution in [1.29, 1.82) is 0 Å². The summed E-state index contributed by atoms with van der Waals surface area (Å²) in [5.74, 6) is 0.817. The molecule has 1 unspecified atom stereocenters. The van der Waals surface area contributed by atoms with Gasteiger partial charge >= 0.3 is 0 Å². The highest BCUT2D eigenvalue weighted by atomic mass is 16.5. The molecule has 4 rings (SSSR count). The van der Waals surface area contributed by atoms with Gasteiger partial charge in [0.2, 0.25) is 0 Å². The van der Waals surface area contributed by atoms with Crippen molar-refractivity contribution in [2.24, 2.45) is 5.92 Å². The molecule has 1 atom stereocenters. The van der Waals surface area contributed by atoms with E-state index in [1.165, 1.54) is 24.1 Å². The molecule has 0 amide bonds. The summed E-state index contributed by atoms with van der Waals surface area (Å²) in [6.45, 7) is 6.63. The van der Waals surface area contributed by atoms with Gasteiger partial charge in [0.15, 0.2) is 0 Å². The van der Waals surface area contributed by atoms with Gasteiger partial charge in [0.25, 0.3) is 0 Å². The minimum absolute atomic E-state index is 0.423. The minimum Gasteiger partial charge on any atom is -0.380 e. The lowest BCUT2D eigenvalue weighted by molar-refractivity contribution is 0.0444. The van der Waals surface area contributed by atoms with Crippen molar-refractivity contribution in [3.05, 3.63) is 47.5 Å². The SMILES string of the molecule is Cc1cccnc1CN1Cc2ccnn2CCC1COCC1CC1. The van der Waals surface area contributed by atoms with Crippen molar-refractivity contribution in [2.75, 3.05) is 13.2 Å². The van der Waals surface area contributed by atoms with Gasteiger partial charge in [-0.2, -0.15) is 5.10 Å². The summed E-state index contributed by atoms with van der Waals surface area (Å²) >= 11 is 0. The summed E-state index contributed by atoms with van der Waals surface area (Å²) in [5.41, 5.74) is 3.71. The second kappa shape index (κ2) is 7.03. The first-order chi connectivity index (χ1) is 11.8. The maximum Gasteiger partial charge on any atom is 0.0622 e. The number of hydrogen-bond acceptors (Lipinski definition) is 4. The maximum atomic E-state index is 6.03. The summed E-state index contributed by atoms with van der Waals surface area (Å²) < 4.78 is 8.17. The molecule has 0 N–H and O–H groups in total. The number of aryl methyl sites for hydroxylation is 2. The Balaban J connectivity index is 1.49. The number of rotatable bonds is 6. The first-order valence-corrected chi connectivity index (χ1v) is 9.02. The first-order valence-electron chi connectivity index (χ1n) is 9.02. The van der Waals surface area contributed by atoms with Crippen LogP contribution in [0.4, 0.5) is 0 Å². The molecule has 5 nitrogen and oxygen atoms in total. The highest BCUT2D eigenvalue weighted by Gasteiger charge is 2.27. The minimum atomic E-state index is 0.423. The van der Waals surface area contributed by atoms with Crippen LogP contribution in [0.25, 0.3) is 0 Å². The van der Waals surface area contributed by atoms with Gasteiger partial charge in [-0.15, -0.1) is 0 Å². The lowest BCUT2D eigenvalue weighted by Crippen LogP contribution is -2.37. The summed E-state index contributed by atoms with van der Waals surface area (Å²) in [5, 5.41) is 4.46. The maximum absolute atomic E-state index is 6.03. The van der Waals surface area contributed by atoms with Crippen LogP contribution in [-0.4, -0.2) is 38.9 Å². The average molecular weight is 326 g/mol. The molecule has 1 fully saturated rings. The van der Waals surface area contributed by atoms with E-state index in [1.54, 1.807) is 0 Å². The molecule has 0 radical (unpaired) electrons. The van der Waals surface area contributed by atoms with E-state index in [9.17, 15) is 0 Å². The highest BCUT2D eigenvalue weighted by Crippen LogP contribution is 2.29. The van der Waals surface area contributed by atoms with E-state index < -0.39 is 0 Å². The molecular weight excluding hydrogens is 300 g/mol. The number of hydrogen-bond donors (Lipinski definition) is 0. The molecule has 1 aliphatic carbocycles. The Bertz CT molecular complexity index is 680. The van der Waals surface area contributed by atoms with Gasteiger partial charge in [0.1, 0.15) is 0 Å². The molecule has 128 valence electrons. The van der Waals surface area contributed by atoms with E-state index in [-0.39, 0.29) is 0 Å². The fourth-order valence-corrected chi connectivity index (χ4v) is 3.39. The number of aromatic nitrogens is 3. The quantitative estimate of drug-likeness (QED) is 0.819. The summed E-state index contributed by atoms with van der Waals surface area (Å²) in [6, 6.07) is 6.70. The molecule has 2 aromatic rings. The molecule has 2 aliphatic rings. The summed E-state index contributed by atoms with van der Waals surface area (Å²) in [7, 11) is 0. The number of nitrogens with zero attached hydrogens (tertiary/aromatic N) is 4. The number of ether oxygens (including phenoxy) is 1. The predicted molar refractivity (Wildman–Crippen MR) is 92.4 cm³/mol. The van der Waals surface area contributed by atoms with Crippen LogP contribution in [0.15, 0.2) is 30.6 Å². The van der Waals surface area contributed by atoms with Crippen molar-refractivity contribution < 1.29 is 4.74 Å². The van der Waals surface area contributed by atoms with Crippen LogP contribution in [-0.2, 0) is 24.4 Å². The van der Waals surface area contributed by atoms with Crippen LogP contribution in [0.2, 0.25) is 0 Å². The van der Waals surface area contributed by atoms with Gasteiger partial charge in [-0.25, -0.2) is 0 Å². The van der Waals surface area contributed by atoms with E-state index in [4.69, 9.17) is 4.74 Å². The zero-order valence-electron chi connectivity index (χ0n) is 14.4. The largest absolute Gasteiger partial charge is 0.380 e. The van der Waals surface area contributed by atoms with Gasteiger partial charge in [-0.1, -0.05) is 6.07 Å². The van der Waals surface area contributed by atoms with E-state index in [1.807, 2.05) is 18.5 Å². The zero-order valence-corrected chi connectivity index (χ0v) is 14.4. The fraction of sp³-hybridized carbons (Fsp3) is 0.579. The molecular formula is C19H26N4O. The van der Waals surface area contributed by atoms with Crippen LogP contribution >= 0.6 is 0 Å². The Kier molecular flexibility index (Phi) is 4.63. The Morgan fingerprint density at radius 2 is 2.08 bits per heavy atom. The smallest absolute Gasteiger partial charge is 0.0622 e. The Hall–Kier alpha value is -1.72. The molecule has 1 aliphatic heterocycles. The van der Waals surface area contributed by atoms with E-state index in [0.717, 1.165) is 50.9 Å². The van der Waals surface area contributed by atoms with Crippen molar-refractivity contribution >= 4 is 0 Å². The molecule has 0 spiro atoms. The average Bonchev–Trinajstić information content (AvgIpc) is 3.33. The Labute approximate surface area is 143 Å². The van der Waals surface area contributed by atoms with Crippen LogP contribution in [0.1, 0.15) is 36.2 Å². The van der Waals surface area contributed by atoms with Gasteiger partial charge in [0.05, 0.1) is 18.0 Å². The van der Waals surface area contributed by atoms with Gasteiger partial charge in [-0.05, 0) is 49.8 Å². The van der Waals surface area contributed by atoms with Crippen molar-refractivity contribution in [2.45, 2.75) is 51.9 Å². The molecule has 3 heterocycles. The van der Waals surface area contributed by atoms with Crippen molar-refractivity contribution in [3.63, 3.8) is 0 Å². The lowest BCUT2D eigenvalue weighted by atomic mass is 10.1. The van der Waals surface area contributed by atoms with E-state index in [0.29, 0.717) is 6.04 Å². The molecule has 2 aromatic heterocycles. The van der Waals surface area contributed by atoms with Crippen molar-refractivity contribution in [3.8, 4) is 0 Å². The second-order valence-corrected chi connectivity index (χ2v) is 7.14. The third-order valence-electron chi connectivity index (χ3n) is 5.19. The Morgan fingerprint density at radius 1 is 1.17 bits per heavy atom. The predicted octanol–water partition coefficient (Wildman–Crippen LogP) is 2.79. The molecule has 0 saturated heterocycles. The number of fused-ring (bicyclic) bond motifs is 1. The highest BCUT2D eigenvalue weighted by molar-refractivity contribution is 5.18. The normalized spacial score (nSPS) is 21.5. The summed E-state index contributed by atoms with van der Waals surface area (Å²) in [4.78, 5) is 7.11. The van der Waals surface area contributed by atoms with Crippen LogP contribution in [0.5, 0.6) is 0 Å². The topological polar surface area (TPSA) is 43.2 Å². The second-order valence-electron chi connectivity index (χ2n) is 7.14. The lowest BCUT2D eigenvalue weighted by Gasteiger charge is -2.29. The third-order valence-corrected chi connectivity index (χ3v) is 5.19. The first kappa shape index (κ1) is 15.8. The van der Waals surface area contributed by atoms with E-state index >= 15 is 0 Å². The van der Waals surface area contributed by atoms with Crippen molar-refractivity contribution in [1.82, 2.24) is 19.7 Å². The van der Waals surface area contributed by atoms with Crippen LogP contribution in [0, 0.1) is 12.8 Å². The number of pyridine rings is 1. The molecule has 24 heavy (non-hydrogen) atoms. The standard InChI is InChI=1S/C19H26N4O/c1-15-3-2-8-20-19(15)12-22-11-17-6-9-21-23(17)10-7-18(22)14-24-13-16-4-5-16/h2-3,6,8-9,16,18H,4-5,7,10-14H2,1H3.